The van der Waals surface area contributed by atoms with Crippen LogP contribution in [0.25, 0.3) is 11.0 Å². The molecule has 3 aromatic rings. The van der Waals surface area contributed by atoms with Gasteiger partial charge in [-0.2, -0.15) is 9.90 Å². The molecular weight excluding hydrogens is 1290 g/mol. The Morgan fingerprint density at radius 2 is 0.950 bits per heavy atom. The van der Waals surface area contributed by atoms with Crippen LogP contribution in [0.5, 0.6) is 0 Å². The highest BCUT2D eigenvalue weighted by atomic mass is 32.2. The molecule has 2 aromatic carbocycles. The Morgan fingerprint density at radius 3 is 1.39 bits per heavy atom. The van der Waals surface area contributed by atoms with Crippen LogP contribution in [0.3, 0.4) is 0 Å². The Labute approximate surface area is 607 Å². The number of carbonyl (C=O) groups excluding carboxylic acids is 3. The summed E-state index contributed by atoms with van der Waals surface area (Å²) in [6.45, 7) is 24.8. The highest BCUT2D eigenvalue weighted by Crippen LogP contribution is 2.72. The van der Waals surface area contributed by atoms with Gasteiger partial charge in [0.2, 0.25) is 0 Å². The second kappa shape index (κ2) is 28.1. The van der Waals surface area contributed by atoms with E-state index < -0.39 is 16.8 Å². The summed E-state index contributed by atoms with van der Waals surface area (Å²) in [6, 6.07) is 6.85. The van der Waals surface area contributed by atoms with Crippen molar-refractivity contribution in [3.63, 3.8) is 0 Å². The Morgan fingerprint density at radius 1 is 0.545 bits per heavy atom. The number of nitrogen functional groups attached to an aromatic ring is 1. The maximum Gasteiger partial charge on any atom is 0.159 e. The van der Waals surface area contributed by atoms with Crippen LogP contribution in [0.15, 0.2) is 40.4 Å². The first-order valence-electron chi connectivity index (χ1n) is 39.6. The molecule has 0 unspecified atom stereocenters. The molecule has 560 valence electrons. The number of halogens is 2. The van der Waals surface area contributed by atoms with Crippen molar-refractivity contribution in [1.82, 2.24) is 21.1 Å². The molecule has 0 saturated heterocycles. The van der Waals surface area contributed by atoms with E-state index in [2.05, 4.69) is 62.0 Å². The lowest BCUT2D eigenvalue weighted by molar-refractivity contribution is -0.151. The van der Waals surface area contributed by atoms with Crippen molar-refractivity contribution in [2.75, 3.05) is 30.4 Å². The number of carbonyl (C=O) groups is 3. The number of hydrogen-bond donors (Lipinski definition) is 7. The van der Waals surface area contributed by atoms with E-state index in [1.54, 1.807) is 62.3 Å². The maximum absolute atomic E-state index is 14.6. The number of aliphatic imine (C=N–C) groups is 1. The molecule has 12 aliphatic rings. The minimum absolute atomic E-state index is 0. The van der Waals surface area contributed by atoms with Gasteiger partial charge in [-0.05, 0) is 341 Å². The smallest absolute Gasteiger partial charge is 0.159 e. The summed E-state index contributed by atoms with van der Waals surface area (Å²) < 4.78 is 29.0. The highest BCUT2D eigenvalue weighted by Gasteiger charge is 2.65. The number of nitrogens with zero attached hydrogens (tertiary/aromatic N) is 4. The number of aryl methyl sites for hydroxylation is 2. The molecule has 0 radical (unpaired) electrons. The summed E-state index contributed by atoms with van der Waals surface area (Å²) >= 11 is 1.55. The first-order chi connectivity index (χ1) is 47.1. The summed E-state index contributed by atoms with van der Waals surface area (Å²) in [5.74, 6) is 8.39. The molecule has 17 heteroatoms. The van der Waals surface area contributed by atoms with Gasteiger partial charge in [0.15, 0.2) is 29.0 Å². The number of aliphatic hydroxyl groups is 3. The number of anilines is 2. The monoisotopic (exact) mass is 1410 g/mol. The van der Waals surface area contributed by atoms with Crippen LogP contribution in [0.4, 0.5) is 20.2 Å². The summed E-state index contributed by atoms with van der Waals surface area (Å²) in [6.07, 6.45) is 35.2. The molecule has 12 aliphatic carbocycles. The molecule has 0 bridgehead atoms. The van der Waals surface area contributed by atoms with Gasteiger partial charge in [-0.1, -0.05) is 53.7 Å². The number of rotatable bonds is 12. The van der Waals surface area contributed by atoms with E-state index in [0.29, 0.717) is 104 Å². The fourth-order valence-corrected chi connectivity index (χ4v) is 27.3. The normalized spacial score (nSPS) is 44.2. The number of aromatic nitrogens is 3. The van der Waals surface area contributed by atoms with Crippen molar-refractivity contribution in [1.29, 1.82) is 0 Å². The van der Waals surface area contributed by atoms with Crippen LogP contribution < -0.4 is 22.9 Å². The van der Waals surface area contributed by atoms with E-state index in [-0.39, 0.29) is 94.2 Å². The van der Waals surface area contributed by atoms with Gasteiger partial charge in [0.25, 0.3) is 0 Å². The molecule has 101 heavy (non-hydrogen) atoms. The topological polar surface area (TPSA) is 254 Å². The zero-order chi connectivity index (χ0) is 71.7. The number of ketones is 3. The van der Waals surface area contributed by atoms with Crippen LogP contribution in [0.1, 0.15) is 247 Å². The van der Waals surface area contributed by atoms with Crippen molar-refractivity contribution < 1.29 is 38.5 Å². The Hall–Kier alpha value is -4.29. The van der Waals surface area contributed by atoms with Gasteiger partial charge in [-0.3, -0.25) is 19.4 Å². The fraction of sp³-hybridized carbons (Fsp3) is 0.786. The van der Waals surface area contributed by atoms with E-state index in [1.807, 2.05) is 27.0 Å². The lowest BCUT2D eigenvalue weighted by Crippen LogP contribution is -2.55. The van der Waals surface area contributed by atoms with Gasteiger partial charge in [0.1, 0.15) is 17.6 Å². The lowest BCUT2D eigenvalue weighted by Gasteiger charge is -2.61. The van der Waals surface area contributed by atoms with Crippen molar-refractivity contribution in [2.24, 2.45) is 132 Å². The Bertz CT molecular complexity index is 3650. The molecule has 11 N–H and O–H groups in total. The Kier molecular flexibility index (Phi) is 21.3. The van der Waals surface area contributed by atoms with Crippen LogP contribution in [-0.4, -0.2) is 90.0 Å². The minimum Gasteiger partial charge on any atom is -0.404 e. The average molecular weight is 1420 g/mol. The maximum atomic E-state index is 14.6. The molecule has 1 aromatic heterocycles. The molecular formula is C84H128F2N8O6S. The molecule has 0 amide bonds. The SMILES string of the molecule is CSC(C=NCC(=O)[C@H]1CC[C@H]2[C@@H]3CC[C@H]4C[C@](C)(O)CC[C@]4(C)[C@H]3CC[C@]12C)=CN.Cc1ccc(N)c(NCC(=O)[C@H]2CC[C@H]3[C@@H]4CC[C@H]5C[C@](C)(O)CC[C@]5(C)[C@H]4CC[C@]23C)c1F.Cc1ccc2nn(CC(=O)[C@H]3CC[C@H]4[C@@H]5CC[C@H]6C[C@](C)(O)CC[C@]6(C)[C@H]5CC[C@]34C)nc2c1F.N. The van der Waals surface area contributed by atoms with Crippen LogP contribution in [0.2, 0.25) is 0 Å². The molecule has 0 aliphatic heterocycles. The number of thioether (sulfide) groups is 1. The standard InChI is InChI=1S/C29H40FN3O2.C29H43FN2O2.C26H42N2O2S.H3N/c1-17-5-10-23-26(25(17)30)32-33(31-23)16-24(34)22-9-8-20-19-7-6-18-15-27(2,35)13-14-28(18,3)21(19)11-12-29(20,22)4;1-17-5-10-23(31)26(25(17)30)32-16-24(33)22-9-8-20-19-7-6-18-15-27(2,34)13-14-28(18,3)21(19)11-12-29(20,22)4;1-24(30)11-12-25(2)17(13-24)5-6-19-20-7-8-22(26(20,3)10-9-21(19)25)23(29)16-28-15-18(14-27)31-4;/h5,10,18-22,35H,6-9,11-16H2,1-4H3;5,10,18-22,32,34H,6-9,11-16,31H2,1-4H3;14-15,17,19-22,30H,5-13,16,27H2,1-4H3;1H3/t2*18-,19-,20-,21-,22+,27+,28-,29-;17-,19-,20-,21-,22+,24+,25-,26-;/m000./s1. The van der Waals surface area contributed by atoms with E-state index in [0.717, 1.165) is 113 Å². The quantitative estimate of drug-likeness (QED) is 0.0659. The first kappa shape index (κ1) is 76.4. The third-order valence-corrected chi connectivity index (χ3v) is 33.4. The van der Waals surface area contributed by atoms with Crippen molar-refractivity contribution in [3.8, 4) is 0 Å². The summed E-state index contributed by atoms with van der Waals surface area (Å²) in [5.41, 5.74) is 13.8. The summed E-state index contributed by atoms with van der Waals surface area (Å²) in [7, 11) is 0. The summed E-state index contributed by atoms with van der Waals surface area (Å²) in [4.78, 5) is 47.0. The minimum atomic E-state index is -0.502. The van der Waals surface area contributed by atoms with E-state index in [1.165, 1.54) is 81.8 Å². The third kappa shape index (κ3) is 13.6. The largest absolute Gasteiger partial charge is 0.404 e. The van der Waals surface area contributed by atoms with Crippen molar-refractivity contribution >= 4 is 57.7 Å². The average Bonchev–Trinajstić information content (AvgIpc) is 1.71. The first-order valence-corrected chi connectivity index (χ1v) is 40.8. The Balaban J connectivity index is 0.000000143. The predicted octanol–water partition coefficient (Wildman–Crippen LogP) is 17.3. The molecule has 24 atom stereocenters. The summed E-state index contributed by atoms with van der Waals surface area (Å²) in [5, 5.41) is 43.9. The van der Waals surface area contributed by atoms with Crippen molar-refractivity contribution in [2.45, 2.75) is 273 Å². The number of nitrogens with one attached hydrogen (secondary N) is 1. The molecule has 1 heterocycles. The number of fused-ring (bicyclic) bond motifs is 16. The van der Waals surface area contributed by atoms with Gasteiger partial charge < -0.3 is 38.3 Å². The molecule has 15 rings (SSSR count). The van der Waals surface area contributed by atoms with Gasteiger partial charge in [0, 0.05) is 35.1 Å². The molecule has 12 saturated carbocycles. The second-order valence-electron chi connectivity index (χ2n) is 38.0. The lowest BCUT2D eigenvalue weighted by atomic mass is 9.44. The van der Waals surface area contributed by atoms with Gasteiger partial charge in [-0.25, -0.2) is 8.78 Å². The van der Waals surface area contributed by atoms with E-state index >= 15 is 0 Å². The van der Waals surface area contributed by atoms with Crippen LogP contribution >= 0.6 is 11.8 Å². The molecule has 0 spiro atoms. The van der Waals surface area contributed by atoms with Gasteiger partial charge >= 0.3 is 0 Å². The molecule has 12 fully saturated rings. The van der Waals surface area contributed by atoms with E-state index in [9.17, 15) is 38.5 Å². The fourth-order valence-electron chi connectivity index (χ4n) is 27.0. The van der Waals surface area contributed by atoms with Crippen LogP contribution in [0, 0.1) is 147 Å². The van der Waals surface area contributed by atoms with Crippen LogP contribution in [-0.2, 0) is 20.9 Å². The van der Waals surface area contributed by atoms with Gasteiger partial charge in [-0.15, -0.1) is 16.9 Å². The number of allylic oxidation sites excluding steroid dienone is 1. The van der Waals surface area contributed by atoms with Crippen molar-refractivity contribution in [3.05, 3.63) is 58.1 Å². The van der Waals surface area contributed by atoms with E-state index in [4.69, 9.17) is 11.5 Å². The van der Waals surface area contributed by atoms with Gasteiger partial charge in [0.05, 0.1) is 41.3 Å². The zero-order valence-electron chi connectivity index (χ0n) is 63.7. The molecule has 14 nitrogen and oxygen atoms in total. The highest BCUT2D eigenvalue weighted by molar-refractivity contribution is 8.03. The number of hydrogen-bond acceptors (Lipinski definition) is 14. The number of Topliss-reactive ketones (excluding diaryl/α,β-unsaturated/α-hetero) is 3. The second-order valence-corrected chi connectivity index (χ2v) is 38.9. The predicted molar refractivity (Wildman–Crippen MR) is 403 cm³/mol. The number of benzene rings is 2. The third-order valence-electron chi connectivity index (χ3n) is 32.7. The number of nitrogens with two attached hydrogens (primary N) is 2. The zero-order valence-corrected chi connectivity index (χ0v) is 64.5.